The molecule has 0 radical (unpaired) electrons. The predicted molar refractivity (Wildman–Crippen MR) is 86.7 cm³/mol. The van der Waals surface area contributed by atoms with Gasteiger partial charge in [0.2, 0.25) is 0 Å². The average Bonchev–Trinajstić information content (AvgIpc) is 2.62. The summed E-state index contributed by atoms with van der Waals surface area (Å²) >= 11 is 0. The van der Waals surface area contributed by atoms with Crippen molar-refractivity contribution in [3.63, 3.8) is 0 Å². The molecule has 2 aliphatic heterocycles. The lowest BCUT2D eigenvalue weighted by Gasteiger charge is -2.39. The van der Waals surface area contributed by atoms with Crippen LogP contribution in [0.15, 0.2) is 24.3 Å². The summed E-state index contributed by atoms with van der Waals surface area (Å²) in [4.78, 5) is 14.9. The predicted octanol–water partition coefficient (Wildman–Crippen LogP) is 2.29. The molecule has 0 bridgehead atoms. The smallest absolute Gasteiger partial charge is 0.252 e. The first-order valence-corrected chi connectivity index (χ1v) is 8.51. The third-order valence-electron chi connectivity index (χ3n) is 4.75. The number of aryl methyl sites for hydroxylation is 1. The fourth-order valence-corrected chi connectivity index (χ4v) is 3.36. The molecule has 1 aromatic carbocycles. The highest BCUT2D eigenvalue weighted by atomic mass is 16.5. The second kappa shape index (κ2) is 7.25. The quantitative estimate of drug-likeness (QED) is 0.931. The Morgan fingerprint density at radius 1 is 1.32 bits per heavy atom. The lowest BCUT2D eigenvalue weighted by atomic mass is 9.99. The van der Waals surface area contributed by atoms with Gasteiger partial charge in [-0.1, -0.05) is 31.2 Å². The van der Waals surface area contributed by atoms with Crippen LogP contribution in [0.25, 0.3) is 0 Å². The summed E-state index contributed by atoms with van der Waals surface area (Å²) in [7, 11) is 0. The van der Waals surface area contributed by atoms with Crippen LogP contribution in [-0.4, -0.2) is 43.2 Å². The standard InChI is InChI=1S/C18H26N2O2/c1-2-14-6-8-15(9-7-14)16-13-19-10-11-20(16)18(21)17-5-3-4-12-22-17/h6-9,16-17,19H,2-5,10-13H2,1H3. The number of carbonyl (C=O) groups excluding carboxylic acids is 1. The molecular formula is C18H26N2O2. The molecule has 2 atom stereocenters. The van der Waals surface area contributed by atoms with E-state index in [0.29, 0.717) is 0 Å². The highest BCUT2D eigenvalue weighted by Gasteiger charge is 2.33. The fraction of sp³-hybridized carbons (Fsp3) is 0.611. The highest BCUT2D eigenvalue weighted by Crippen LogP contribution is 2.26. The van der Waals surface area contributed by atoms with Crippen molar-refractivity contribution in [1.29, 1.82) is 0 Å². The van der Waals surface area contributed by atoms with Crippen molar-refractivity contribution in [3.8, 4) is 0 Å². The second-order valence-corrected chi connectivity index (χ2v) is 6.20. The normalized spacial score (nSPS) is 26.0. The van der Waals surface area contributed by atoms with Crippen LogP contribution in [0.5, 0.6) is 0 Å². The fourth-order valence-electron chi connectivity index (χ4n) is 3.36. The summed E-state index contributed by atoms with van der Waals surface area (Å²) in [6.45, 7) is 5.33. The van der Waals surface area contributed by atoms with Gasteiger partial charge in [-0.25, -0.2) is 0 Å². The largest absolute Gasteiger partial charge is 0.368 e. The van der Waals surface area contributed by atoms with E-state index < -0.39 is 0 Å². The molecule has 3 rings (SSSR count). The third kappa shape index (κ3) is 3.33. The molecule has 1 N–H and O–H groups in total. The maximum Gasteiger partial charge on any atom is 0.252 e. The summed E-state index contributed by atoms with van der Waals surface area (Å²) in [5.74, 6) is 0.172. The number of rotatable bonds is 3. The average molecular weight is 302 g/mol. The molecule has 1 aromatic rings. The molecule has 4 heteroatoms. The van der Waals surface area contributed by atoms with Crippen molar-refractivity contribution in [2.24, 2.45) is 0 Å². The summed E-state index contributed by atoms with van der Waals surface area (Å²) in [5.41, 5.74) is 2.55. The highest BCUT2D eigenvalue weighted by molar-refractivity contribution is 5.81. The van der Waals surface area contributed by atoms with Crippen molar-refractivity contribution in [2.75, 3.05) is 26.2 Å². The van der Waals surface area contributed by atoms with E-state index in [9.17, 15) is 4.79 Å². The van der Waals surface area contributed by atoms with Crippen molar-refractivity contribution in [2.45, 2.75) is 44.8 Å². The van der Waals surface area contributed by atoms with E-state index in [1.165, 1.54) is 11.1 Å². The van der Waals surface area contributed by atoms with Gasteiger partial charge in [0.05, 0.1) is 6.04 Å². The van der Waals surface area contributed by atoms with Gasteiger partial charge in [0.25, 0.3) is 5.91 Å². The molecule has 2 fully saturated rings. The van der Waals surface area contributed by atoms with E-state index in [0.717, 1.165) is 51.9 Å². The van der Waals surface area contributed by atoms with Crippen LogP contribution in [0.2, 0.25) is 0 Å². The molecule has 1 amide bonds. The number of hydrogen-bond acceptors (Lipinski definition) is 3. The number of ether oxygens (including phenoxy) is 1. The molecule has 0 spiro atoms. The van der Waals surface area contributed by atoms with Gasteiger partial charge in [-0.2, -0.15) is 0 Å². The van der Waals surface area contributed by atoms with E-state index >= 15 is 0 Å². The van der Waals surface area contributed by atoms with Gasteiger partial charge in [0.15, 0.2) is 0 Å². The van der Waals surface area contributed by atoms with Gasteiger partial charge in [-0.3, -0.25) is 4.79 Å². The summed E-state index contributed by atoms with van der Waals surface area (Å²) < 4.78 is 5.70. The van der Waals surface area contributed by atoms with Gasteiger partial charge in [0, 0.05) is 26.2 Å². The van der Waals surface area contributed by atoms with Gasteiger partial charge in [-0.05, 0) is 36.8 Å². The van der Waals surface area contributed by atoms with Crippen LogP contribution in [0.4, 0.5) is 0 Å². The number of nitrogens with zero attached hydrogens (tertiary/aromatic N) is 1. The number of hydrogen-bond donors (Lipinski definition) is 1. The van der Waals surface area contributed by atoms with Crippen molar-refractivity contribution >= 4 is 5.91 Å². The molecule has 22 heavy (non-hydrogen) atoms. The Morgan fingerprint density at radius 2 is 2.14 bits per heavy atom. The minimum Gasteiger partial charge on any atom is -0.368 e. The Morgan fingerprint density at radius 3 is 2.82 bits per heavy atom. The first-order valence-electron chi connectivity index (χ1n) is 8.51. The molecule has 0 aromatic heterocycles. The van der Waals surface area contributed by atoms with E-state index in [2.05, 4.69) is 36.5 Å². The number of benzene rings is 1. The maximum absolute atomic E-state index is 12.8. The topological polar surface area (TPSA) is 41.6 Å². The first kappa shape index (κ1) is 15.5. The maximum atomic E-state index is 12.8. The van der Waals surface area contributed by atoms with Gasteiger partial charge in [-0.15, -0.1) is 0 Å². The van der Waals surface area contributed by atoms with E-state index in [1.54, 1.807) is 0 Å². The number of carbonyl (C=O) groups is 1. The van der Waals surface area contributed by atoms with E-state index in [1.807, 2.05) is 4.90 Å². The Labute approximate surface area is 132 Å². The third-order valence-corrected chi connectivity index (χ3v) is 4.75. The number of piperazine rings is 1. The van der Waals surface area contributed by atoms with E-state index in [-0.39, 0.29) is 18.1 Å². The number of nitrogens with one attached hydrogen (secondary N) is 1. The van der Waals surface area contributed by atoms with E-state index in [4.69, 9.17) is 4.74 Å². The van der Waals surface area contributed by atoms with Crippen molar-refractivity contribution < 1.29 is 9.53 Å². The number of amides is 1. The van der Waals surface area contributed by atoms with Crippen molar-refractivity contribution in [1.82, 2.24) is 10.2 Å². The second-order valence-electron chi connectivity index (χ2n) is 6.20. The molecule has 2 saturated heterocycles. The molecule has 0 saturated carbocycles. The van der Waals surface area contributed by atoms with Crippen LogP contribution < -0.4 is 5.32 Å². The zero-order valence-electron chi connectivity index (χ0n) is 13.4. The summed E-state index contributed by atoms with van der Waals surface area (Å²) in [6.07, 6.45) is 3.85. The minimum atomic E-state index is -0.232. The zero-order chi connectivity index (χ0) is 15.4. The van der Waals surface area contributed by atoms with Crippen LogP contribution in [0.3, 0.4) is 0 Å². The van der Waals surface area contributed by atoms with Crippen LogP contribution >= 0.6 is 0 Å². The summed E-state index contributed by atoms with van der Waals surface area (Å²) in [6, 6.07) is 8.79. The molecule has 0 aliphatic carbocycles. The lowest BCUT2D eigenvalue weighted by Crippen LogP contribution is -2.52. The van der Waals surface area contributed by atoms with Gasteiger partial charge >= 0.3 is 0 Å². The first-order chi connectivity index (χ1) is 10.8. The van der Waals surface area contributed by atoms with Crippen LogP contribution in [-0.2, 0) is 16.0 Å². The molecule has 120 valence electrons. The SMILES string of the molecule is CCc1ccc(C2CNCCN2C(=O)C2CCCCO2)cc1. The minimum absolute atomic E-state index is 0.123. The van der Waals surface area contributed by atoms with Crippen LogP contribution in [0.1, 0.15) is 43.4 Å². The molecule has 2 aliphatic rings. The Kier molecular flexibility index (Phi) is 5.11. The zero-order valence-corrected chi connectivity index (χ0v) is 13.4. The summed E-state index contributed by atoms with van der Waals surface area (Å²) in [5, 5.41) is 3.41. The Hall–Kier alpha value is -1.39. The molecule has 2 unspecified atom stereocenters. The Balaban J connectivity index is 1.76. The van der Waals surface area contributed by atoms with Gasteiger partial charge < -0.3 is 15.0 Å². The van der Waals surface area contributed by atoms with Crippen molar-refractivity contribution in [3.05, 3.63) is 35.4 Å². The molecule has 2 heterocycles. The van der Waals surface area contributed by atoms with Crippen LogP contribution in [0, 0.1) is 0 Å². The molecule has 4 nitrogen and oxygen atoms in total. The molecular weight excluding hydrogens is 276 g/mol. The van der Waals surface area contributed by atoms with Gasteiger partial charge in [0.1, 0.15) is 6.10 Å². The monoisotopic (exact) mass is 302 g/mol. The lowest BCUT2D eigenvalue weighted by molar-refractivity contribution is -0.150. The Bertz CT molecular complexity index is 494.